The highest BCUT2D eigenvalue weighted by atomic mass is 35.5. The number of carbonyl (C=O) groups excluding carboxylic acids is 2. The van der Waals surface area contributed by atoms with E-state index in [1.807, 2.05) is 5.32 Å². The molecule has 2 N–H and O–H groups in total. The number of amides is 2. The van der Waals surface area contributed by atoms with Gasteiger partial charge < -0.3 is 15.5 Å². The minimum absolute atomic E-state index is 0.139. The Morgan fingerprint density at radius 2 is 1.65 bits per heavy atom. The summed E-state index contributed by atoms with van der Waals surface area (Å²) in [7, 11) is 3.60. The molecule has 2 amide bonds. The second-order valence-electron chi connectivity index (χ2n) is 5.54. The van der Waals surface area contributed by atoms with Crippen LogP contribution >= 0.6 is 11.6 Å². The monoisotopic (exact) mass is 385 g/mol. The zero-order valence-electron chi connectivity index (χ0n) is 13.8. The molecule has 0 atom stereocenters. The van der Waals surface area contributed by atoms with Crippen LogP contribution < -0.4 is 15.5 Å². The molecule has 2 aromatic carbocycles. The number of anilines is 3. The molecule has 0 aliphatic heterocycles. The quantitative estimate of drug-likeness (QED) is 0.785. The zero-order chi connectivity index (χ0) is 19.5. The van der Waals surface area contributed by atoms with Crippen molar-refractivity contribution in [1.29, 1.82) is 0 Å². The van der Waals surface area contributed by atoms with Crippen molar-refractivity contribution in [2.75, 3.05) is 29.6 Å². The van der Waals surface area contributed by atoms with Crippen LogP contribution in [0.5, 0.6) is 0 Å². The zero-order valence-corrected chi connectivity index (χ0v) is 14.6. The van der Waals surface area contributed by atoms with Crippen LogP contribution in [-0.4, -0.2) is 25.9 Å². The van der Waals surface area contributed by atoms with E-state index in [9.17, 15) is 22.8 Å². The van der Waals surface area contributed by atoms with Crippen molar-refractivity contribution < 1.29 is 22.8 Å². The van der Waals surface area contributed by atoms with Crippen molar-refractivity contribution in [1.82, 2.24) is 0 Å². The van der Waals surface area contributed by atoms with E-state index in [0.717, 1.165) is 11.8 Å². The number of benzene rings is 2. The second-order valence-corrected chi connectivity index (χ2v) is 5.98. The number of hydrogen-bond donors (Lipinski definition) is 2. The topological polar surface area (TPSA) is 61.4 Å². The summed E-state index contributed by atoms with van der Waals surface area (Å²) in [5.74, 6) is -2.32. The number of hydrogen-bond acceptors (Lipinski definition) is 3. The van der Waals surface area contributed by atoms with Crippen molar-refractivity contribution >= 4 is 40.5 Å². The molecule has 0 fully saturated rings. The molecule has 0 aromatic heterocycles. The van der Waals surface area contributed by atoms with Gasteiger partial charge in [0.25, 0.3) is 0 Å². The lowest BCUT2D eigenvalue weighted by atomic mass is 10.1. The van der Waals surface area contributed by atoms with Gasteiger partial charge in [0.1, 0.15) is 0 Å². The van der Waals surface area contributed by atoms with Crippen LogP contribution in [0.1, 0.15) is 5.56 Å². The average molecular weight is 386 g/mol. The summed E-state index contributed by atoms with van der Waals surface area (Å²) in [6.45, 7) is 0. The maximum atomic E-state index is 13.0. The highest BCUT2D eigenvalue weighted by Gasteiger charge is 2.34. The predicted octanol–water partition coefficient (Wildman–Crippen LogP) is 4.00. The fourth-order valence-electron chi connectivity index (χ4n) is 2.09. The highest BCUT2D eigenvalue weighted by molar-refractivity contribution is 6.43. The third-order valence-electron chi connectivity index (χ3n) is 3.36. The van der Waals surface area contributed by atoms with Crippen molar-refractivity contribution in [3.8, 4) is 0 Å². The number of alkyl halides is 3. The molecule has 0 unspecified atom stereocenters. The summed E-state index contributed by atoms with van der Waals surface area (Å²) in [4.78, 5) is 25.7. The minimum atomic E-state index is -4.73. The van der Waals surface area contributed by atoms with Gasteiger partial charge in [-0.25, -0.2) is 0 Å². The SMILES string of the molecule is CN(C)c1cccc(NC(=O)C(=O)Nc2ccc(Cl)cc2C(F)(F)F)c1. The first kappa shape index (κ1) is 19.6. The van der Waals surface area contributed by atoms with Crippen LogP contribution in [0.4, 0.5) is 30.2 Å². The molecule has 2 aromatic rings. The molecular weight excluding hydrogens is 371 g/mol. The van der Waals surface area contributed by atoms with E-state index in [2.05, 4.69) is 5.32 Å². The third kappa shape index (κ3) is 4.89. The van der Waals surface area contributed by atoms with Crippen LogP contribution in [0.2, 0.25) is 5.02 Å². The van der Waals surface area contributed by atoms with Gasteiger partial charge in [-0.2, -0.15) is 13.2 Å². The van der Waals surface area contributed by atoms with E-state index in [1.165, 1.54) is 6.07 Å². The van der Waals surface area contributed by atoms with Gasteiger partial charge in [-0.05, 0) is 36.4 Å². The van der Waals surface area contributed by atoms with Crippen LogP contribution in [0.3, 0.4) is 0 Å². The normalized spacial score (nSPS) is 11.0. The lowest BCUT2D eigenvalue weighted by Gasteiger charge is -2.15. The van der Waals surface area contributed by atoms with Crippen LogP contribution in [0.25, 0.3) is 0 Å². The average Bonchev–Trinajstić information content (AvgIpc) is 2.55. The molecule has 5 nitrogen and oxygen atoms in total. The van der Waals surface area contributed by atoms with Crippen LogP contribution in [-0.2, 0) is 15.8 Å². The van der Waals surface area contributed by atoms with Gasteiger partial charge in [0.05, 0.1) is 11.3 Å². The fourth-order valence-corrected chi connectivity index (χ4v) is 2.26. The summed E-state index contributed by atoms with van der Waals surface area (Å²) in [6.07, 6.45) is -4.73. The molecule has 0 saturated carbocycles. The number of halogens is 4. The lowest BCUT2D eigenvalue weighted by Crippen LogP contribution is -2.30. The van der Waals surface area contributed by atoms with E-state index < -0.39 is 29.2 Å². The summed E-state index contributed by atoms with van der Waals surface area (Å²) in [5.41, 5.74) is -0.575. The maximum absolute atomic E-state index is 13.0. The van der Waals surface area contributed by atoms with Crippen LogP contribution in [0.15, 0.2) is 42.5 Å². The Kier molecular flexibility index (Phi) is 5.76. The van der Waals surface area contributed by atoms with Gasteiger partial charge in [0.2, 0.25) is 0 Å². The van der Waals surface area contributed by atoms with E-state index in [0.29, 0.717) is 11.8 Å². The Bertz CT molecular complexity index is 838. The Labute approximate surface area is 152 Å². The first-order valence-electron chi connectivity index (χ1n) is 7.34. The van der Waals surface area contributed by atoms with Gasteiger partial charge in [-0.3, -0.25) is 9.59 Å². The van der Waals surface area contributed by atoms with Crippen LogP contribution in [0, 0.1) is 0 Å². The Hall–Kier alpha value is -2.74. The molecule has 0 heterocycles. The molecule has 0 aliphatic rings. The fraction of sp³-hybridized carbons (Fsp3) is 0.176. The standard InChI is InChI=1S/C17H15ClF3N3O2/c1-24(2)12-5-3-4-11(9-12)22-15(25)16(26)23-14-7-6-10(18)8-13(14)17(19,20)21/h3-9H,1-2H3,(H,22,25)(H,23,26). The summed E-state index contributed by atoms with van der Waals surface area (Å²) in [6, 6.07) is 9.49. The number of rotatable bonds is 3. The van der Waals surface area contributed by atoms with Gasteiger partial charge in [0.15, 0.2) is 0 Å². The summed E-state index contributed by atoms with van der Waals surface area (Å²) < 4.78 is 39.1. The molecule has 0 bridgehead atoms. The molecule has 9 heteroatoms. The molecule has 0 saturated heterocycles. The van der Waals surface area contributed by atoms with Gasteiger partial charge in [-0.15, -0.1) is 0 Å². The molecule has 0 radical (unpaired) electrons. The molecule has 0 spiro atoms. The molecule has 2 rings (SSSR count). The summed E-state index contributed by atoms with van der Waals surface area (Å²) >= 11 is 5.57. The molecule has 26 heavy (non-hydrogen) atoms. The number of nitrogens with zero attached hydrogens (tertiary/aromatic N) is 1. The first-order valence-corrected chi connectivity index (χ1v) is 7.72. The van der Waals surface area contributed by atoms with Gasteiger partial charge >= 0.3 is 18.0 Å². The number of carbonyl (C=O) groups is 2. The van der Waals surface area contributed by atoms with E-state index >= 15 is 0 Å². The van der Waals surface area contributed by atoms with Gasteiger partial charge in [0, 0.05) is 30.5 Å². The molecule has 138 valence electrons. The maximum Gasteiger partial charge on any atom is 0.418 e. The smallest absolute Gasteiger partial charge is 0.378 e. The Balaban J connectivity index is 2.16. The third-order valence-corrected chi connectivity index (χ3v) is 3.60. The molecular formula is C17H15ClF3N3O2. The number of nitrogens with one attached hydrogen (secondary N) is 2. The van der Waals surface area contributed by atoms with Crippen molar-refractivity contribution in [2.45, 2.75) is 6.18 Å². The highest BCUT2D eigenvalue weighted by Crippen LogP contribution is 2.36. The Morgan fingerprint density at radius 1 is 1.00 bits per heavy atom. The van der Waals surface area contributed by atoms with Crippen molar-refractivity contribution in [2.24, 2.45) is 0 Å². The van der Waals surface area contributed by atoms with E-state index in [-0.39, 0.29) is 5.02 Å². The van der Waals surface area contributed by atoms with Gasteiger partial charge in [-0.1, -0.05) is 17.7 Å². The van der Waals surface area contributed by atoms with E-state index in [1.54, 1.807) is 43.3 Å². The minimum Gasteiger partial charge on any atom is -0.378 e. The largest absolute Gasteiger partial charge is 0.418 e. The lowest BCUT2D eigenvalue weighted by molar-refractivity contribution is -0.137. The molecule has 0 aliphatic carbocycles. The Morgan fingerprint density at radius 3 is 2.27 bits per heavy atom. The van der Waals surface area contributed by atoms with Crippen molar-refractivity contribution in [3.05, 3.63) is 53.1 Å². The summed E-state index contributed by atoms with van der Waals surface area (Å²) in [5, 5.41) is 4.16. The second kappa shape index (κ2) is 7.65. The van der Waals surface area contributed by atoms with Crippen molar-refractivity contribution in [3.63, 3.8) is 0 Å². The predicted molar refractivity (Wildman–Crippen MR) is 94.5 cm³/mol. The first-order chi connectivity index (χ1) is 12.1. The van der Waals surface area contributed by atoms with E-state index in [4.69, 9.17) is 11.6 Å².